The maximum absolute atomic E-state index is 13.2. The van der Waals surface area contributed by atoms with E-state index < -0.39 is 0 Å². The Hall–Kier alpha value is -2.03. The Morgan fingerprint density at radius 2 is 1.89 bits per heavy atom. The number of benzene rings is 2. The van der Waals surface area contributed by atoms with Gasteiger partial charge < -0.3 is 11.1 Å². The van der Waals surface area contributed by atoms with Crippen LogP contribution < -0.4 is 11.1 Å². The lowest BCUT2D eigenvalue weighted by Gasteiger charge is -2.18. The highest BCUT2D eigenvalue weighted by Gasteiger charge is 2.08. The molecule has 2 aromatic carbocycles. The van der Waals surface area contributed by atoms with E-state index in [1.165, 1.54) is 23.3 Å². The van der Waals surface area contributed by atoms with Crippen LogP contribution in [-0.2, 0) is 0 Å². The second-order valence-electron chi connectivity index (χ2n) is 4.50. The van der Waals surface area contributed by atoms with Crippen molar-refractivity contribution in [3.63, 3.8) is 0 Å². The van der Waals surface area contributed by atoms with Gasteiger partial charge in [-0.2, -0.15) is 0 Å². The molecule has 18 heavy (non-hydrogen) atoms. The van der Waals surface area contributed by atoms with Gasteiger partial charge in [-0.15, -0.1) is 0 Å². The zero-order valence-corrected chi connectivity index (χ0v) is 10.6. The van der Waals surface area contributed by atoms with Crippen LogP contribution in [0.4, 0.5) is 15.8 Å². The summed E-state index contributed by atoms with van der Waals surface area (Å²) in [6.07, 6.45) is 0. The molecule has 0 aliphatic heterocycles. The predicted molar refractivity (Wildman–Crippen MR) is 74.0 cm³/mol. The molecule has 0 heterocycles. The number of nitrogens with one attached hydrogen (secondary N) is 1. The van der Waals surface area contributed by atoms with Gasteiger partial charge in [0.05, 0.1) is 0 Å². The lowest BCUT2D eigenvalue weighted by molar-refractivity contribution is 0.628. The quantitative estimate of drug-likeness (QED) is 0.804. The monoisotopic (exact) mass is 244 g/mol. The Bertz CT molecular complexity index is 532. The first-order valence-corrected chi connectivity index (χ1v) is 5.94. The Labute approximate surface area is 107 Å². The molecule has 94 valence electrons. The number of anilines is 2. The zero-order valence-electron chi connectivity index (χ0n) is 10.6. The highest BCUT2D eigenvalue weighted by molar-refractivity contribution is 5.55. The maximum Gasteiger partial charge on any atom is 0.127 e. The van der Waals surface area contributed by atoms with Crippen molar-refractivity contribution in [2.75, 3.05) is 11.1 Å². The first-order valence-electron chi connectivity index (χ1n) is 5.94. The highest BCUT2D eigenvalue weighted by Crippen LogP contribution is 2.23. The minimum Gasteiger partial charge on any atom is -0.399 e. The van der Waals surface area contributed by atoms with E-state index in [-0.39, 0.29) is 11.9 Å². The molecule has 2 rings (SSSR count). The van der Waals surface area contributed by atoms with Gasteiger partial charge in [0, 0.05) is 17.4 Å². The fourth-order valence-electron chi connectivity index (χ4n) is 2.10. The van der Waals surface area contributed by atoms with Crippen LogP contribution in [0.3, 0.4) is 0 Å². The van der Waals surface area contributed by atoms with Crippen LogP contribution >= 0.6 is 0 Å². The summed E-state index contributed by atoms with van der Waals surface area (Å²) in [5.41, 5.74) is 9.15. The fraction of sp³-hybridized carbons (Fsp3) is 0.200. The number of hydrogen-bond donors (Lipinski definition) is 2. The smallest absolute Gasteiger partial charge is 0.127 e. The van der Waals surface area contributed by atoms with Crippen LogP contribution in [-0.4, -0.2) is 0 Å². The van der Waals surface area contributed by atoms with Gasteiger partial charge in [0.1, 0.15) is 5.82 Å². The van der Waals surface area contributed by atoms with Gasteiger partial charge in [0.2, 0.25) is 0 Å². The Morgan fingerprint density at radius 3 is 2.56 bits per heavy atom. The summed E-state index contributed by atoms with van der Waals surface area (Å²) in [5, 5.41) is 3.26. The average molecular weight is 244 g/mol. The molecule has 2 aromatic rings. The van der Waals surface area contributed by atoms with Crippen molar-refractivity contribution in [3.8, 4) is 0 Å². The van der Waals surface area contributed by atoms with Crippen LogP contribution in [0.15, 0.2) is 42.5 Å². The van der Waals surface area contributed by atoms with E-state index in [4.69, 9.17) is 5.73 Å². The summed E-state index contributed by atoms with van der Waals surface area (Å²) >= 11 is 0. The van der Waals surface area contributed by atoms with Crippen molar-refractivity contribution in [1.29, 1.82) is 0 Å². The standard InChI is InChI=1S/C15H17FN2/c1-10-5-3-4-6-15(10)11(2)18-14-8-12(16)7-13(17)9-14/h3-9,11,18H,17H2,1-2H3. The van der Waals surface area contributed by atoms with Crippen molar-refractivity contribution < 1.29 is 4.39 Å². The van der Waals surface area contributed by atoms with Crippen LogP contribution in [0.25, 0.3) is 0 Å². The molecule has 0 amide bonds. The SMILES string of the molecule is Cc1ccccc1C(C)Nc1cc(N)cc(F)c1. The average Bonchev–Trinajstić information content (AvgIpc) is 2.27. The molecule has 0 aliphatic rings. The van der Waals surface area contributed by atoms with Gasteiger partial charge >= 0.3 is 0 Å². The van der Waals surface area contributed by atoms with E-state index in [1.807, 2.05) is 19.1 Å². The second-order valence-corrected chi connectivity index (χ2v) is 4.50. The first kappa shape index (κ1) is 12.4. The van der Waals surface area contributed by atoms with Crippen molar-refractivity contribution in [2.24, 2.45) is 0 Å². The lowest BCUT2D eigenvalue weighted by Crippen LogP contribution is -2.08. The number of nitrogen functional groups attached to an aromatic ring is 1. The van der Waals surface area contributed by atoms with E-state index in [2.05, 4.69) is 24.4 Å². The second kappa shape index (κ2) is 5.08. The molecule has 0 fully saturated rings. The number of rotatable bonds is 3. The van der Waals surface area contributed by atoms with Gasteiger partial charge in [-0.3, -0.25) is 0 Å². The van der Waals surface area contributed by atoms with Gasteiger partial charge in [-0.25, -0.2) is 4.39 Å². The third-order valence-corrected chi connectivity index (χ3v) is 2.96. The Balaban J connectivity index is 2.21. The van der Waals surface area contributed by atoms with Crippen molar-refractivity contribution >= 4 is 11.4 Å². The molecule has 0 saturated carbocycles. The highest BCUT2D eigenvalue weighted by atomic mass is 19.1. The minimum absolute atomic E-state index is 0.104. The predicted octanol–water partition coefficient (Wildman–Crippen LogP) is 3.89. The summed E-state index contributed by atoms with van der Waals surface area (Å²) in [4.78, 5) is 0. The van der Waals surface area contributed by atoms with E-state index in [1.54, 1.807) is 6.07 Å². The first-order chi connectivity index (χ1) is 8.56. The summed E-state index contributed by atoms with van der Waals surface area (Å²) in [5.74, 6) is -0.325. The van der Waals surface area contributed by atoms with Crippen LogP contribution in [0.1, 0.15) is 24.1 Å². The molecule has 2 nitrogen and oxygen atoms in total. The molecular weight excluding hydrogens is 227 g/mol. The maximum atomic E-state index is 13.2. The van der Waals surface area contributed by atoms with Crippen molar-refractivity contribution in [2.45, 2.75) is 19.9 Å². The molecule has 0 bridgehead atoms. The number of nitrogens with two attached hydrogens (primary N) is 1. The molecule has 1 atom stereocenters. The number of aryl methyl sites for hydroxylation is 1. The molecule has 0 aromatic heterocycles. The van der Waals surface area contributed by atoms with E-state index in [0.29, 0.717) is 11.4 Å². The molecule has 0 aliphatic carbocycles. The van der Waals surface area contributed by atoms with E-state index in [9.17, 15) is 4.39 Å². The zero-order chi connectivity index (χ0) is 13.1. The Morgan fingerprint density at radius 1 is 1.17 bits per heavy atom. The Kier molecular flexibility index (Phi) is 3.51. The van der Waals surface area contributed by atoms with Gasteiger partial charge in [-0.05, 0) is 43.2 Å². The van der Waals surface area contributed by atoms with Crippen LogP contribution in [0.2, 0.25) is 0 Å². The molecule has 3 N–H and O–H groups in total. The lowest BCUT2D eigenvalue weighted by atomic mass is 10.0. The summed E-state index contributed by atoms with van der Waals surface area (Å²) < 4.78 is 13.2. The fourth-order valence-corrected chi connectivity index (χ4v) is 2.10. The normalized spacial score (nSPS) is 12.2. The third-order valence-electron chi connectivity index (χ3n) is 2.96. The van der Waals surface area contributed by atoms with Crippen molar-refractivity contribution in [3.05, 3.63) is 59.4 Å². The van der Waals surface area contributed by atoms with Gasteiger partial charge in [0.15, 0.2) is 0 Å². The summed E-state index contributed by atoms with van der Waals surface area (Å²) in [6, 6.07) is 12.7. The molecule has 1 unspecified atom stereocenters. The van der Waals surface area contributed by atoms with Crippen molar-refractivity contribution in [1.82, 2.24) is 0 Å². The molecule has 0 radical (unpaired) electrons. The largest absolute Gasteiger partial charge is 0.399 e. The minimum atomic E-state index is -0.325. The molecule has 0 spiro atoms. The van der Waals surface area contributed by atoms with Gasteiger partial charge in [0.25, 0.3) is 0 Å². The topological polar surface area (TPSA) is 38.0 Å². The molecule has 0 saturated heterocycles. The third kappa shape index (κ3) is 2.80. The van der Waals surface area contributed by atoms with Gasteiger partial charge in [-0.1, -0.05) is 24.3 Å². The number of halogens is 1. The number of hydrogen-bond acceptors (Lipinski definition) is 2. The molecular formula is C15H17FN2. The van der Waals surface area contributed by atoms with E-state index in [0.717, 1.165) is 0 Å². The summed E-state index contributed by atoms with van der Waals surface area (Å²) in [6.45, 7) is 4.11. The molecule has 3 heteroatoms. The summed E-state index contributed by atoms with van der Waals surface area (Å²) in [7, 11) is 0. The van der Waals surface area contributed by atoms with Crippen LogP contribution in [0.5, 0.6) is 0 Å². The van der Waals surface area contributed by atoms with E-state index >= 15 is 0 Å². The van der Waals surface area contributed by atoms with Crippen LogP contribution in [0, 0.1) is 12.7 Å².